The third-order valence-electron chi connectivity index (χ3n) is 3.41. The van der Waals surface area contributed by atoms with Crippen LogP contribution < -0.4 is 0 Å². The topological polar surface area (TPSA) is 53.3 Å². The SMILES string of the molecule is COC1=CC[C@]2(C#N)C=CN(C)C(=O)[C@@H]2C1. The number of rotatable bonds is 1. The first-order chi connectivity index (χ1) is 7.63. The van der Waals surface area contributed by atoms with Gasteiger partial charge in [-0.05, 0) is 18.6 Å². The molecule has 0 radical (unpaired) electrons. The van der Waals surface area contributed by atoms with Crippen molar-refractivity contribution in [3.8, 4) is 6.07 Å². The summed E-state index contributed by atoms with van der Waals surface area (Å²) >= 11 is 0. The Kier molecular flexibility index (Phi) is 2.47. The number of hydrogen-bond donors (Lipinski definition) is 0. The van der Waals surface area contributed by atoms with Gasteiger partial charge in [0.1, 0.15) is 0 Å². The number of nitrogens with zero attached hydrogens (tertiary/aromatic N) is 2. The zero-order valence-electron chi connectivity index (χ0n) is 9.43. The highest BCUT2D eigenvalue weighted by molar-refractivity contribution is 5.83. The molecule has 4 nitrogen and oxygen atoms in total. The summed E-state index contributed by atoms with van der Waals surface area (Å²) in [5.74, 6) is 0.479. The van der Waals surface area contributed by atoms with Crippen LogP contribution in [0.2, 0.25) is 0 Å². The first kappa shape index (κ1) is 10.7. The minimum atomic E-state index is -0.675. The second-order valence-electron chi connectivity index (χ2n) is 4.25. The molecule has 0 spiro atoms. The predicted octanol–water partition coefficient (Wildman–Crippen LogP) is 1.42. The molecule has 1 heterocycles. The van der Waals surface area contributed by atoms with Gasteiger partial charge in [-0.3, -0.25) is 4.79 Å². The van der Waals surface area contributed by atoms with E-state index in [-0.39, 0.29) is 11.8 Å². The van der Waals surface area contributed by atoms with Crippen LogP contribution in [0, 0.1) is 22.7 Å². The van der Waals surface area contributed by atoms with Crippen molar-refractivity contribution in [3.63, 3.8) is 0 Å². The summed E-state index contributed by atoms with van der Waals surface area (Å²) in [5, 5.41) is 9.30. The molecular formula is C12H14N2O2. The van der Waals surface area contributed by atoms with E-state index in [1.165, 1.54) is 0 Å². The smallest absolute Gasteiger partial charge is 0.231 e. The molecule has 1 aliphatic carbocycles. The van der Waals surface area contributed by atoms with Crippen LogP contribution in [-0.4, -0.2) is 25.0 Å². The number of allylic oxidation sites excluding steroid dienone is 3. The number of fused-ring (bicyclic) bond motifs is 1. The third-order valence-corrected chi connectivity index (χ3v) is 3.41. The summed E-state index contributed by atoms with van der Waals surface area (Å²) < 4.78 is 5.17. The van der Waals surface area contributed by atoms with Crippen molar-refractivity contribution in [1.29, 1.82) is 5.26 Å². The maximum absolute atomic E-state index is 12.0. The lowest BCUT2D eigenvalue weighted by Gasteiger charge is -2.39. The van der Waals surface area contributed by atoms with Crippen molar-refractivity contribution in [1.82, 2.24) is 4.90 Å². The molecule has 84 valence electrons. The van der Waals surface area contributed by atoms with Crippen molar-refractivity contribution in [2.45, 2.75) is 12.8 Å². The van der Waals surface area contributed by atoms with Crippen molar-refractivity contribution in [2.75, 3.05) is 14.2 Å². The fourth-order valence-corrected chi connectivity index (χ4v) is 2.28. The number of hydrogen-bond acceptors (Lipinski definition) is 3. The van der Waals surface area contributed by atoms with Gasteiger partial charge >= 0.3 is 0 Å². The molecule has 1 aliphatic heterocycles. The van der Waals surface area contributed by atoms with Gasteiger partial charge in [-0.15, -0.1) is 0 Å². The van der Waals surface area contributed by atoms with Gasteiger partial charge in [0.25, 0.3) is 0 Å². The Morgan fingerprint density at radius 1 is 1.69 bits per heavy atom. The summed E-state index contributed by atoms with van der Waals surface area (Å²) in [5.41, 5.74) is -0.675. The fourth-order valence-electron chi connectivity index (χ4n) is 2.28. The summed E-state index contributed by atoms with van der Waals surface area (Å²) in [6.45, 7) is 0. The molecule has 0 bridgehead atoms. The molecular weight excluding hydrogens is 204 g/mol. The van der Waals surface area contributed by atoms with E-state index in [0.717, 1.165) is 5.76 Å². The van der Waals surface area contributed by atoms with E-state index < -0.39 is 5.41 Å². The van der Waals surface area contributed by atoms with Crippen molar-refractivity contribution in [3.05, 3.63) is 24.1 Å². The minimum Gasteiger partial charge on any atom is -0.501 e. The zero-order chi connectivity index (χ0) is 11.8. The molecule has 0 N–H and O–H groups in total. The lowest BCUT2D eigenvalue weighted by molar-refractivity contribution is -0.136. The molecule has 4 heteroatoms. The van der Waals surface area contributed by atoms with Crippen molar-refractivity contribution in [2.24, 2.45) is 11.3 Å². The van der Waals surface area contributed by atoms with Crippen LogP contribution in [0.15, 0.2) is 24.1 Å². The lowest BCUT2D eigenvalue weighted by atomic mass is 9.67. The average molecular weight is 218 g/mol. The number of methoxy groups -OCH3 is 1. The Morgan fingerprint density at radius 2 is 2.44 bits per heavy atom. The molecule has 0 aromatic rings. The van der Waals surface area contributed by atoms with Crippen LogP contribution in [0.4, 0.5) is 0 Å². The van der Waals surface area contributed by atoms with Gasteiger partial charge in [0.2, 0.25) is 5.91 Å². The van der Waals surface area contributed by atoms with Crippen LogP contribution in [0.25, 0.3) is 0 Å². The molecule has 0 aromatic heterocycles. The van der Waals surface area contributed by atoms with Gasteiger partial charge < -0.3 is 9.64 Å². The van der Waals surface area contributed by atoms with E-state index in [1.807, 2.05) is 12.2 Å². The van der Waals surface area contributed by atoms with Crippen LogP contribution in [0.1, 0.15) is 12.8 Å². The molecule has 2 aliphatic rings. The predicted molar refractivity (Wildman–Crippen MR) is 57.8 cm³/mol. The minimum absolute atomic E-state index is 0.00769. The largest absolute Gasteiger partial charge is 0.501 e. The lowest BCUT2D eigenvalue weighted by Crippen LogP contribution is -2.45. The van der Waals surface area contributed by atoms with E-state index in [2.05, 4.69) is 6.07 Å². The number of carbonyl (C=O) groups is 1. The second kappa shape index (κ2) is 3.67. The standard InChI is InChI=1S/C12H14N2O2/c1-14-6-5-12(8-13)4-3-9(16-2)7-10(12)11(14)15/h3,5-6,10H,4,7H2,1-2H3/t10-,12+/m0/s1. The van der Waals surface area contributed by atoms with E-state index in [0.29, 0.717) is 12.8 Å². The van der Waals surface area contributed by atoms with Gasteiger partial charge in [0.05, 0.1) is 30.3 Å². The number of carbonyl (C=O) groups excluding carboxylic acids is 1. The number of amides is 1. The molecule has 0 saturated carbocycles. The zero-order valence-corrected chi connectivity index (χ0v) is 9.43. The highest BCUT2D eigenvalue weighted by Crippen LogP contribution is 2.44. The first-order valence-electron chi connectivity index (χ1n) is 5.23. The van der Waals surface area contributed by atoms with Gasteiger partial charge in [-0.1, -0.05) is 0 Å². The maximum Gasteiger partial charge on any atom is 0.231 e. The summed E-state index contributed by atoms with van der Waals surface area (Å²) in [6.07, 6.45) is 6.49. The van der Waals surface area contributed by atoms with Crippen LogP contribution in [0.5, 0.6) is 0 Å². The van der Waals surface area contributed by atoms with E-state index in [1.54, 1.807) is 25.3 Å². The van der Waals surface area contributed by atoms with Gasteiger partial charge in [0, 0.05) is 19.7 Å². The second-order valence-corrected chi connectivity index (χ2v) is 4.25. The van der Waals surface area contributed by atoms with Gasteiger partial charge in [-0.2, -0.15) is 5.26 Å². The Labute approximate surface area is 94.8 Å². The number of nitriles is 1. The summed E-state index contributed by atoms with van der Waals surface area (Å²) in [4.78, 5) is 13.6. The van der Waals surface area contributed by atoms with E-state index in [4.69, 9.17) is 4.74 Å². The molecule has 0 unspecified atom stereocenters. The molecule has 0 fully saturated rings. The Hall–Kier alpha value is -1.76. The fraction of sp³-hybridized carbons (Fsp3) is 0.500. The van der Waals surface area contributed by atoms with Gasteiger partial charge in [0.15, 0.2) is 0 Å². The molecule has 16 heavy (non-hydrogen) atoms. The Balaban J connectivity index is 2.41. The molecule has 2 rings (SSSR count). The number of ether oxygens (including phenoxy) is 1. The third kappa shape index (κ3) is 1.40. The van der Waals surface area contributed by atoms with Crippen LogP contribution in [0.3, 0.4) is 0 Å². The molecule has 1 amide bonds. The Bertz CT molecular complexity index is 419. The molecule has 2 atom stereocenters. The van der Waals surface area contributed by atoms with E-state index >= 15 is 0 Å². The average Bonchev–Trinajstić information content (AvgIpc) is 2.34. The monoisotopic (exact) mass is 218 g/mol. The van der Waals surface area contributed by atoms with Gasteiger partial charge in [-0.25, -0.2) is 0 Å². The van der Waals surface area contributed by atoms with Crippen LogP contribution in [-0.2, 0) is 9.53 Å². The van der Waals surface area contributed by atoms with E-state index in [9.17, 15) is 10.1 Å². The normalized spacial score (nSPS) is 32.8. The first-order valence-corrected chi connectivity index (χ1v) is 5.23. The highest BCUT2D eigenvalue weighted by atomic mass is 16.5. The van der Waals surface area contributed by atoms with Crippen molar-refractivity contribution >= 4 is 5.91 Å². The highest BCUT2D eigenvalue weighted by Gasteiger charge is 2.47. The molecule has 0 aromatic carbocycles. The van der Waals surface area contributed by atoms with Crippen LogP contribution >= 0.6 is 0 Å². The quantitative estimate of drug-likeness (QED) is 0.669. The van der Waals surface area contributed by atoms with Crippen molar-refractivity contribution < 1.29 is 9.53 Å². The summed E-state index contributed by atoms with van der Waals surface area (Å²) in [7, 11) is 3.31. The maximum atomic E-state index is 12.0. The summed E-state index contributed by atoms with van der Waals surface area (Å²) in [6, 6.07) is 2.28. The molecule has 0 saturated heterocycles. The Morgan fingerprint density at radius 3 is 3.06 bits per heavy atom.